The van der Waals surface area contributed by atoms with Crippen LogP contribution in [0.3, 0.4) is 0 Å². The molecule has 2 bridgehead atoms. The van der Waals surface area contributed by atoms with Gasteiger partial charge in [0.05, 0.1) is 20.3 Å². The number of ether oxygens (including phenoxy) is 3. The average Bonchev–Trinajstić information content (AvgIpc) is 2.67. The third kappa shape index (κ3) is 1.74. The van der Waals surface area contributed by atoms with Crippen molar-refractivity contribution in [1.82, 2.24) is 0 Å². The molecule has 0 spiro atoms. The van der Waals surface area contributed by atoms with Crippen molar-refractivity contribution in [2.45, 2.75) is 12.2 Å². The molecule has 0 aliphatic carbocycles. The van der Waals surface area contributed by atoms with Crippen LogP contribution in [-0.4, -0.2) is 44.1 Å². The van der Waals surface area contributed by atoms with E-state index in [-0.39, 0.29) is 5.78 Å². The van der Waals surface area contributed by atoms with E-state index in [1.54, 1.807) is 0 Å². The molecular weight excluding hydrogens is 228 g/mol. The molecule has 2 aliphatic rings. The van der Waals surface area contributed by atoms with Crippen molar-refractivity contribution in [3.8, 4) is 0 Å². The van der Waals surface area contributed by atoms with E-state index < -0.39 is 36.0 Å². The summed E-state index contributed by atoms with van der Waals surface area (Å²) in [6.45, 7) is 0. The molecule has 4 atom stereocenters. The van der Waals surface area contributed by atoms with Crippen LogP contribution in [0, 0.1) is 11.8 Å². The first-order valence-corrected chi connectivity index (χ1v) is 5.13. The molecule has 6 heteroatoms. The third-order valence-electron chi connectivity index (χ3n) is 3.05. The van der Waals surface area contributed by atoms with Gasteiger partial charge in [0.25, 0.3) is 0 Å². The minimum Gasteiger partial charge on any atom is -0.469 e. The lowest BCUT2D eigenvalue weighted by atomic mass is 9.87. The quantitative estimate of drug-likeness (QED) is 0.604. The Bertz CT molecular complexity index is 399. The van der Waals surface area contributed by atoms with Crippen LogP contribution in [0.15, 0.2) is 12.2 Å². The maximum absolute atomic E-state index is 11.6. The Morgan fingerprint density at radius 1 is 1.18 bits per heavy atom. The number of fused-ring (bicyclic) bond motifs is 2. The van der Waals surface area contributed by atoms with Crippen LogP contribution < -0.4 is 0 Å². The molecule has 92 valence electrons. The zero-order valence-corrected chi connectivity index (χ0v) is 9.41. The summed E-state index contributed by atoms with van der Waals surface area (Å²) in [5, 5.41) is 0. The minimum atomic E-state index is -0.943. The lowest BCUT2D eigenvalue weighted by Crippen LogP contribution is -2.37. The Labute approximate surface area is 97.5 Å². The summed E-state index contributed by atoms with van der Waals surface area (Å²) >= 11 is 0. The maximum Gasteiger partial charge on any atom is 0.312 e. The smallest absolute Gasteiger partial charge is 0.312 e. The highest BCUT2D eigenvalue weighted by molar-refractivity contribution is 6.00. The number of hydrogen-bond acceptors (Lipinski definition) is 6. The molecule has 2 rings (SSSR count). The SMILES string of the molecule is COC(=O)[C@H]1[C@H](C(=O)OC)[C@H]2O[C@@H]1C=CC2=O. The number of methoxy groups -OCH3 is 2. The summed E-state index contributed by atoms with van der Waals surface area (Å²) in [6.07, 6.45) is 1.26. The molecule has 1 fully saturated rings. The van der Waals surface area contributed by atoms with Crippen molar-refractivity contribution in [3.05, 3.63) is 12.2 Å². The van der Waals surface area contributed by atoms with Gasteiger partial charge >= 0.3 is 11.9 Å². The standard InChI is InChI=1S/C11H12O6/c1-15-10(13)7-6-4-3-5(12)9(17-6)8(7)11(14)16-2/h3-4,6-9H,1-2H3/t6-,7-,8+,9+/m1/s1. The summed E-state index contributed by atoms with van der Waals surface area (Å²) in [7, 11) is 2.43. The normalized spacial score (nSPS) is 34.6. The maximum atomic E-state index is 11.6. The van der Waals surface area contributed by atoms with Crippen LogP contribution in [0.25, 0.3) is 0 Å². The molecular formula is C11H12O6. The molecule has 0 aromatic carbocycles. The molecule has 2 heterocycles. The van der Waals surface area contributed by atoms with Gasteiger partial charge in [-0.3, -0.25) is 14.4 Å². The van der Waals surface area contributed by atoms with Crippen molar-refractivity contribution in [3.63, 3.8) is 0 Å². The predicted molar refractivity (Wildman–Crippen MR) is 53.8 cm³/mol. The van der Waals surface area contributed by atoms with Crippen LogP contribution in [0.1, 0.15) is 0 Å². The Hall–Kier alpha value is -1.69. The molecule has 0 unspecified atom stereocenters. The third-order valence-corrected chi connectivity index (χ3v) is 3.05. The van der Waals surface area contributed by atoms with E-state index >= 15 is 0 Å². The molecule has 17 heavy (non-hydrogen) atoms. The van der Waals surface area contributed by atoms with E-state index in [2.05, 4.69) is 9.47 Å². The first-order valence-electron chi connectivity index (χ1n) is 5.13. The van der Waals surface area contributed by atoms with Gasteiger partial charge in [-0.15, -0.1) is 0 Å². The molecule has 2 aliphatic heterocycles. The molecule has 0 aromatic rings. The van der Waals surface area contributed by atoms with Crippen LogP contribution >= 0.6 is 0 Å². The second-order valence-corrected chi connectivity index (χ2v) is 3.88. The largest absolute Gasteiger partial charge is 0.469 e. The summed E-state index contributed by atoms with van der Waals surface area (Å²) in [6, 6.07) is 0. The molecule has 0 radical (unpaired) electrons. The number of ketones is 1. The van der Waals surface area contributed by atoms with Crippen LogP contribution in [0.5, 0.6) is 0 Å². The van der Waals surface area contributed by atoms with Gasteiger partial charge in [-0.1, -0.05) is 6.08 Å². The molecule has 1 saturated heterocycles. The fourth-order valence-electron chi connectivity index (χ4n) is 2.25. The highest BCUT2D eigenvalue weighted by atomic mass is 16.6. The fraction of sp³-hybridized carbons (Fsp3) is 0.545. The lowest BCUT2D eigenvalue weighted by Gasteiger charge is -2.16. The van der Waals surface area contributed by atoms with Crippen LogP contribution in [0.2, 0.25) is 0 Å². The Kier molecular flexibility index (Phi) is 2.97. The Morgan fingerprint density at radius 2 is 1.76 bits per heavy atom. The number of hydrogen-bond donors (Lipinski definition) is 0. The second-order valence-electron chi connectivity index (χ2n) is 3.88. The highest BCUT2D eigenvalue weighted by Gasteiger charge is 2.56. The van der Waals surface area contributed by atoms with E-state index in [1.165, 1.54) is 26.4 Å². The van der Waals surface area contributed by atoms with Crippen molar-refractivity contribution in [2.24, 2.45) is 11.8 Å². The van der Waals surface area contributed by atoms with Crippen LogP contribution in [-0.2, 0) is 28.6 Å². The molecule has 0 N–H and O–H groups in total. The number of carbonyl (C=O) groups is 3. The van der Waals surface area contributed by atoms with E-state index in [0.717, 1.165) is 0 Å². The van der Waals surface area contributed by atoms with Crippen molar-refractivity contribution < 1.29 is 28.6 Å². The van der Waals surface area contributed by atoms with Crippen molar-refractivity contribution in [2.75, 3.05) is 14.2 Å². The zero-order valence-electron chi connectivity index (χ0n) is 9.41. The van der Waals surface area contributed by atoms with Gasteiger partial charge in [-0.05, 0) is 6.08 Å². The fourth-order valence-corrected chi connectivity index (χ4v) is 2.25. The number of carbonyl (C=O) groups excluding carboxylic acids is 3. The Balaban J connectivity index is 2.35. The number of esters is 2. The zero-order chi connectivity index (χ0) is 12.6. The van der Waals surface area contributed by atoms with Crippen molar-refractivity contribution in [1.29, 1.82) is 0 Å². The molecule has 0 aromatic heterocycles. The predicted octanol–water partition coefficient (Wildman–Crippen LogP) is -0.529. The van der Waals surface area contributed by atoms with Crippen molar-refractivity contribution >= 4 is 17.7 Å². The molecule has 0 amide bonds. The summed E-state index contributed by atoms with van der Waals surface area (Å²) in [4.78, 5) is 34.8. The van der Waals surface area contributed by atoms with Gasteiger partial charge in [-0.2, -0.15) is 0 Å². The van der Waals surface area contributed by atoms with Crippen LogP contribution in [0.4, 0.5) is 0 Å². The molecule has 0 saturated carbocycles. The van der Waals surface area contributed by atoms with E-state index in [9.17, 15) is 14.4 Å². The van der Waals surface area contributed by atoms with Gasteiger partial charge in [0.2, 0.25) is 0 Å². The summed E-state index contributed by atoms with van der Waals surface area (Å²) in [5.74, 6) is -3.29. The first kappa shape index (κ1) is 11.8. The van der Waals surface area contributed by atoms with Gasteiger partial charge in [0.15, 0.2) is 5.78 Å². The summed E-state index contributed by atoms with van der Waals surface area (Å²) < 4.78 is 14.6. The molecule has 6 nitrogen and oxygen atoms in total. The van der Waals surface area contributed by atoms with Gasteiger partial charge < -0.3 is 14.2 Å². The van der Waals surface area contributed by atoms with E-state index in [1.807, 2.05) is 0 Å². The van der Waals surface area contributed by atoms with Gasteiger partial charge in [-0.25, -0.2) is 0 Å². The van der Waals surface area contributed by atoms with Gasteiger partial charge in [0.1, 0.15) is 17.9 Å². The first-order chi connectivity index (χ1) is 8.10. The van der Waals surface area contributed by atoms with E-state index in [4.69, 9.17) is 4.74 Å². The minimum absolute atomic E-state index is 0.331. The lowest BCUT2D eigenvalue weighted by molar-refractivity contribution is -0.157. The Morgan fingerprint density at radius 3 is 2.35 bits per heavy atom. The second kappa shape index (κ2) is 4.29. The monoisotopic (exact) mass is 240 g/mol. The highest BCUT2D eigenvalue weighted by Crippen LogP contribution is 2.38. The average molecular weight is 240 g/mol. The van der Waals surface area contributed by atoms with Gasteiger partial charge in [0, 0.05) is 0 Å². The topological polar surface area (TPSA) is 78.9 Å². The van der Waals surface area contributed by atoms with E-state index in [0.29, 0.717) is 0 Å². The number of rotatable bonds is 2. The summed E-state index contributed by atoms with van der Waals surface area (Å²) in [5.41, 5.74) is 0.